The van der Waals surface area contributed by atoms with Crippen molar-refractivity contribution >= 4 is 44.5 Å². The van der Waals surface area contributed by atoms with Crippen LogP contribution in [-0.2, 0) is 27.9 Å². The van der Waals surface area contributed by atoms with Gasteiger partial charge in [0.25, 0.3) is 5.91 Å². The molecular formula is C35H40ClN3O6S. The Kier molecular flexibility index (Phi) is 10.6. The highest BCUT2D eigenvalue weighted by atomic mass is 35.5. The number of hydrogen-bond acceptors (Lipinski definition) is 6. The Balaban J connectivity index is 1.28. The van der Waals surface area contributed by atoms with Gasteiger partial charge in [0.1, 0.15) is 24.7 Å². The van der Waals surface area contributed by atoms with Gasteiger partial charge in [-0.25, -0.2) is 17.9 Å². The molecule has 0 spiro atoms. The molecule has 5 rings (SSSR count). The molecule has 0 saturated carbocycles. The number of para-hydroxylation sites is 1. The number of aromatic nitrogens is 1. The van der Waals surface area contributed by atoms with Crippen LogP contribution in [0.15, 0.2) is 66.7 Å². The van der Waals surface area contributed by atoms with Gasteiger partial charge in [-0.2, -0.15) is 0 Å². The number of benzene rings is 3. The number of carbonyl (C=O) groups is 2. The van der Waals surface area contributed by atoms with Crippen molar-refractivity contribution in [1.29, 1.82) is 0 Å². The molecule has 11 heteroatoms. The zero-order valence-electron chi connectivity index (χ0n) is 26.4. The molecule has 244 valence electrons. The van der Waals surface area contributed by atoms with Crippen LogP contribution in [0.25, 0.3) is 10.9 Å². The van der Waals surface area contributed by atoms with E-state index in [2.05, 4.69) is 4.72 Å². The van der Waals surface area contributed by atoms with Crippen molar-refractivity contribution in [2.24, 2.45) is 0 Å². The zero-order valence-corrected chi connectivity index (χ0v) is 28.0. The summed E-state index contributed by atoms with van der Waals surface area (Å²) in [5, 5.41) is 1.27. The van der Waals surface area contributed by atoms with Gasteiger partial charge in [-0.3, -0.25) is 4.79 Å². The quantitative estimate of drug-likeness (QED) is 0.186. The third kappa shape index (κ3) is 7.85. The van der Waals surface area contributed by atoms with Gasteiger partial charge in [0.2, 0.25) is 10.0 Å². The fourth-order valence-corrected chi connectivity index (χ4v) is 7.40. The minimum atomic E-state index is -4.04. The Morgan fingerprint density at radius 2 is 1.72 bits per heavy atom. The maximum absolute atomic E-state index is 13.7. The standard InChI is InChI=1S/C35H40ClN3O6S/c1-24-10-9-11-25(2)33(24)44-20-19-39-31-16-15-28(36)22-30(31)26(3)32(39)34(40)37-46(42,43)21-17-29-14-7-8-18-38(29)35(41)45-23-27-12-5-4-6-13-27/h4-6,9-13,15-16,22,29H,7-8,14,17-21,23H2,1-3H3,(H,37,40). The van der Waals surface area contributed by atoms with E-state index < -0.39 is 22.0 Å². The molecule has 1 aliphatic heterocycles. The van der Waals surface area contributed by atoms with Gasteiger partial charge < -0.3 is 18.9 Å². The molecule has 9 nitrogen and oxygen atoms in total. The van der Waals surface area contributed by atoms with Crippen LogP contribution in [0, 0.1) is 20.8 Å². The number of carbonyl (C=O) groups excluding carboxylic acids is 2. The highest BCUT2D eigenvalue weighted by Gasteiger charge is 2.30. The van der Waals surface area contributed by atoms with Gasteiger partial charge >= 0.3 is 6.09 Å². The number of ether oxygens (including phenoxy) is 2. The molecule has 3 aromatic carbocycles. The number of nitrogens with one attached hydrogen (secondary N) is 1. The molecular weight excluding hydrogens is 626 g/mol. The summed E-state index contributed by atoms with van der Waals surface area (Å²) in [4.78, 5) is 28.2. The number of piperidine rings is 1. The predicted octanol–water partition coefficient (Wildman–Crippen LogP) is 6.94. The number of rotatable bonds is 11. The van der Waals surface area contributed by atoms with Gasteiger partial charge in [-0.15, -0.1) is 0 Å². The van der Waals surface area contributed by atoms with Crippen molar-refractivity contribution in [1.82, 2.24) is 14.2 Å². The van der Waals surface area contributed by atoms with E-state index in [0.29, 0.717) is 30.1 Å². The Labute approximate surface area is 275 Å². The minimum Gasteiger partial charge on any atom is -0.491 e. The zero-order chi connectivity index (χ0) is 32.8. The van der Waals surface area contributed by atoms with Crippen molar-refractivity contribution in [3.8, 4) is 5.75 Å². The smallest absolute Gasteiger partial charge is 0.410 e. The topological polar surface area (TPSA) is 107 Å². The third-order valence-electron chi connectivity index (χ3n) is 8.50. The molecule has 1 atom stereocenters. The number of aryl methyl sites for hydroxylation is 3. The summed E-state index contributed by atoms with van der Waals surface area (Å²) in [6.45, 7) is 6.95. The SMILES string of the molecule is Cc1cccc(C)c1OCCn1c(C(=O)NS(=O)(=O)CCC2CCCCN2C(=O)OCc2ccccc2)c(C)c2cc(Cl)ccc21. The van der Waals surface area contributed by atoms with Crippen LogP contribution >= 0.6 is 11.6 Å². The van der Waals surface area contributed by atoms with Crippen LogP contribution in [0.3, 0.4) is 0 Å². The maximum atomic E-state index is 13.7. The third-order valence-corrected chi connectivity index (χ3v) is 10.0. The van der Waals surface area contributed by atoms with E-state index in [-0.39, 0.29) is 37.1 Å². The Morgan fingerprint density at radius 3 is 2.46 bits per heavy atom. The van der Waals surface area contributed by atoms with Gasteiger partial charge in [-0.05, 0) is 86.9 Å². The lowest BCUT2D eigenvalue weighted by molar-refractivity contribution is 0.0672. The Morgan fingerprint density at radius 1 is 0.978 bits per heavy atom. The van der Waals surface area contributed by atoms with Gasteiger partial charge in [0.15, 0.2) is 0 Å². The molecule has 2 amide bonds. The molecule has 1 fully saturated rings. The van der Waals surface area contributed by atoms with E-state index in [0.717, 1.165) is 46.2 Å². The Hall–Kier alpha value is -4.02. The average Bonchev–Trinajstić information content (AvgIpc) is 3.31. The Bertz CT molecular complexity index is 1800. The van der Waals surface area contributed by atoms with Crippen LogP contribution in [0.1, 0.15) is 58.4 Å². The maximum Gasteiger partial charge on any atom is 0.410 e. The van der Waals surface area contributed by atoms with E-state index in [1.807, 2.05) is 68.4 Å². The molecule has 4 aromatic rings. The van der Waals surface area contributed by atoms with Crippen LogP contribution in [0.2, 0.25) is 5.02 Å². The molecule has 0 radical (unpaired) electrons. The molecule has 1 N–H and O–H groups in total. The lowest BCUT2D eigenvalue weighted by Gasteiger charge is -2.34. The van der Waals surface area contributed by atoms with Crippen molar-refractivity contribution < 1.29 is 27.5 Å². The molecule has 1 unspecified atom stereocenters. The van der Waals surface area contributed by atoms with E-state index in [4.69, 9.17) is 21.1 Å². The summed E-state index contributed by atoms with van der Waals surface area (Å²) in [5.41, 5.74) is 4.49. The number of fused-ring (bicyclic) bond motifs is 1. The molecule has 46 heavy (non-hydrogen) atoms. The number of nitrogens with zero attached hydrogens (tertiary/aromatic N) is 2. The monoisotopic (exact) mass is 665 g/mol. The van der Waals surface area contributed by atoms with Crippen LogP contribution in [0.5, 0.6) is 5.75 Å². The fraction of sp³-hybridized carbons (Fsp3) is 0.371. The summed E-state index contributed by atoms with van der Waals surface area (Å²) in [5.74, 6) is -0.250. The van der Waals surface area contributed by atoms with Crippen LogP contribution in [-0.4, -0.2) is 54.8 Å². The van der Waals surface area contributed by atoms with Crippen LogP contribution in [0.4, 0.5) is 4.79 Å². The summed E-state index contributed by atoms with van der Waals surface area (Å²) in [7, 11) is -4.04. The number of halogens is 1. The molecule has 1 aliphatic rings. The largest absolute Gasteiger partial charge is 0.491 e. The van der Waals surface area contributed by atoms with Crippen molar-refractivity contribution in [3.05, 3.63) is 99.7 Å². The van der Waals surface area contributed by atoms with E-state index in [1.54, 1.807) is 28.5 Å². The van der Waals surface area contributed by atoms with Gasteiger partial charge in [0, 0.05) is 28.5 Å². The minimum absolute atomic E-state index is 0.144. The molecule has 1 aromatic heterocycles. The number of amides is 2. The van der Waals surface area contributed by atoms with E-state index in [1.165, 1.54) is 0 Å². The second kappa shape index (κ2) is 14.6. The van der Waals surface area contributed by atoms with Crippen molar-refractivity contribution in [2.45, 2.75) is 65.6 Å². The van der Waals surface area contributed by atoms with Crippen LogP contribution < -0.4 is 9.46 Å². The molecule has 2 heterocycles. The molecule has 0 bridgehead atoms. The first-order chi connectivity index (χ1) is 22.0. The fourth-order valence-electron chi connectivity index (χ4n) is 6.16. The highest BCUT2D eigenvalue weighted by Crippen LogP contribution is 2.29. The molecule has 1 saturated heterocycles. The normalized spacial score (nSPS) is 15.1. The summed E-state index contributed by atoms with van der Waals surface area (Å²) >= 11 is 6.29. The lowest BCUT2D eigenvalue weighted by atomic mass is 10.0. The number of hydrogen-bond donors (Lipinski definition) is 1. The van der Waals surface area contributed by atoms with E-state index >= 15 is 0 Å². The lowest BCUT2D eigenvalue weighted by Crippen LogP contribution is -2.45. The second-order valence-corrected chi connectivity index (χ2v) is 14.1. The summed E-state index contributed by atoms with van der Waals surface area (Å²) in [6, 6.07) is 20.4. The molecule has 0 aliphatic carbocycles. The summed E-state index contributed by atoms with van der Waals surface area (Å²) in [6.07, 6.45) is 2.09. The first kappa shape index (κ1) is 33.3. The van der Waals surface area contributed by atoms with Gasteiger partial charge in [-0.1, -0.05) is 60.1 Å². The summed E-state index contributed by atoms with van der Waals surface area (Å²) < 4.78 is 42.3. The van der Waals surface area contributed by atoms with E-state index in [9.17, 15) is 18.0 Å². The first-order valence-electron chi connectivity index (χ1n) is 15.5. The average molecular weight is 666 g/mol. The predicted molar refractivity (Wildman–Crippen MR) is 180 cm³/mol. The highest BCUT2D eigenvalue weighted by molar-refractivity contribution is 7.90. The second-order valence-electron chi connectivity index (χ2n) is 11.8. The van der Waals surface area contributed by atoms with Crippen molar-refractivity contribution in [2.75, 3.05) is 18.9 Å². The number of sulfonamides is 1. The number of likely N-dealkylation sites (tertiary alicyclic amines) is 1. The van der Waals surface area contributed by atoms with Gasteiger partial charge in [0.05, 0.1) is 12.3 Å². The first-order valence-corrected chi connectivity index (χ1v) is 17.6. The van der Waals surface area contributed by atoms with Crippen molar-refractivity contribution in [3.63, 3.8) is 0 Å².